The van der Waals surface area contributed by atoms with Crippen LogP contribution in [-0.2, 0) is 12.8 Å². The predicted octanol–water partition coefficient (Wildman–Crippen LogP) is 4.35. The van der Waals surface area contributed by atoms with Crippen molar-refractivity contribution in [3.8, 4) is 11.5 Å². The highest BCUT2D eigenvalue weighted by atomic mass is 16.5. The summed E-state index contributed by atoms with van der Waals surface area (Å²) in [6.07, 6.45) is 3.92. The van der Waals surface area contributed by atoms with Crippen molar-refractivity contribution in [3.63, 3.8) is 0 Å². The van der Waals surface area contributed by atoms with Gasteiger partial charge in [-0.1, -0.05) is 30.3 Å². The van der Waals surface area contributed by atoms with Gasteiger partial charge in [-0.15, -0.1) is 0 Å². The molecule has 0 atom stereocenters. The molecule has 3 heteroatoms. The van der Waals surface area contributed by atoms with Gasteiger partial charge in [0.2, 0.25) is 0 Å². The quantitative estimate of drug-likeness (QED) is 0.702. The molecule has 0 spiro atoms. The van der Waals surface area contributed by atoms with Gasteiger partial charge in [0.25, 0.3) is 0 Å². The zero-order valence-electron chi connectivity index (χ0n) is 13.8. The maximum Gasteiger partial charge on any atom is 0.161 e. The Kier molecular flexibility index (Phi) is 4.47. The first kappa shape index (κ1) is 15.3. The Hall–Kier alpha value is -2.55. The number of pyridine rings is 1. The molecule has 0 amide bonds. The molecule has 3 aromatic rings. The van der Waals surface area contributed by atoms with Crippen molar-refractivity contribution in [2.45, 2.75) is 19.8 Å². The van der Waals surface area contributed by atoms with Gasteiger partial charge >= 0.3 is 0 Å². The number of fused-ring (bicyclic) bond motifs is 1. The highest BCUT2D eigenvalue weighted by Crippen LogP contribution is 2.34. The van der Waals surface area contributed by atoms with E-state index in [9.17, 15) is 0 Å². The summed E-state index contributed by atoms with van der Waals surface area (Å²) in [4.78, 5) is 4.55. The lowest BCUT2D eigenvalue weighted by Gasteiger charge is -2.13. The number of aromatic nitrogens is 1. The van der Waals surface area contributed by atoms with Crippen LogP contribution in [0.25, 0.3) is 10.8 Å². The van der Waals surface area contributed by atoms with E-state index < -0.39 is 0 Å². The first-order valence-corrected chi connectivity index (χ1v) is 7.77. The van der Waals surface area contributed by atoms with E-state index >= 15 is 0 Å². The van der Waals surface area contributed by atoms with Gasteiger partial charge in [0.1, 0.15) is 0 Å². The molecule has 1 aromatic heterocycles. The van der Waals surface area contributed by atoms with Crippen molar-refractivity contribution in [2.75, 3.05) is 14.2 Å². The van der Waals surface area contributed by atoms with E-state index in [1.54, 1.807) is 14.2 Å². The van der Waals surface area contributed by atoms with E-state index in [1.807, 2.05) is 25.3 Å². The number of aryl methyl sites for hydroxylation is 3. The molecule has 0 N–H and O–H groups in total. The molecule has 0 saturated carbocycles. The summed E-state index contributed by atoms with van der Waals surface area (Å²) in [5.74, 6) is 1.50. The number of ether oxygens (including phenoxy) is 2. The minimum atomic E-state index is 0.741. The van der Waals surface area contributed by atoms with Crippen LogP contribution in [0, 0.1) is 6.92 Å². The van der Waals surface area contributed by atoms with Gasteiger partial charge in [0, 0.05) is 17.3 Å². The number of nitrogens with zero attached hydrogens (tertiary/aromatic N) is 1. The molecule has 118 valence electrons. The largest absolute Gasteiger partial charge is 0.493 e. The fraction of sp³-hybridized carbons (Fsp3) is 0.250. The highest BCUT2D eigenvalue weighted by Gasteiger charge is 2.11. The third kappa shape index (κ3) is 3.14. The number of methoxy groups -OCH3 is 2. The summed E-state index contributed by atoms with van der Waals surface area (Å²) in [5, 5.41) is 2.30. The molecule has 3 rings (SSSR count). The summed E-state index contributed by atoms with van der Waals surface area (Å²) in [7, 11) is 3.33. The molecule has 0 saturated heterocycles. The molecule has 0 unspecified atom stereocenters. The minimum Gasteiger partial charge on any atom is -0.493 e. The highest BCUT2D eigenvalue weighted by molar-refractivity contribution is 5.90. The first-order chi connectivity index (χ1) is 11.2. The second-order valence-electron chi connectivity index (χ2n) is 5.61. The molecule has 0 fully saturated rings. The second kappa shape index (κ2) is 6.69. The van der Waals surface area contributed by atoms with Gasteiger partial charge in [0.05, 0.1) is 14.2 Å². The Bertz CT molecular complexity index is 813. The van der Waals surface area contributed by atoms with Crippen molar-refractivity contribution in [3.05, 3.63) is 65.5 Å². The molecule has 0 aliphatic rings. The van der Waals surface area contributed by atoms with Crippen LogP contribution in [0.5, 0.6) is 11.5 Å². The lowest BCUT2D eigenvalue weighted by Crippen LogP contribution is -1.98. The van der Waals surface area contributed by atoms with Crippen LogP contribution in [0.15, 0.2) is 48.7 Å². The van der Waals surface area contributed by atoms with Crippen LogP contribution in [0.1, 0.15) is 16.8 Å². The fourth-order valence-corrected chi connectivity index (χ4v) is 2.88. The predicted molar refractivity (Wildman–Crippen MR) is 93.4 cm³/mol. The van der Waals surface area contributed by atoms with Crippen LogP contribution < -0.4 is 9.47 Å². The van der Waals surface area contributed by atoms with Crippen LogP contribution in [0.3, 0.4) is 0 Å². The SMILES string of the molecule is COc1cc2c(CCc3ccccc3)cnc(C)c2cc1OC. The minimum absolute atomic E-state index is 0.741. The maximum absolute atomic E-state index is 5.46. The Morgan fingerprint density at radius 1 is 0.870 bits per heavy atom. The molecule has 0 radical (unpaired) electrons. The van der Waals surface area contributed by atoms with Crippen molar-refractivity contribution >= 4 is 10.8 Å². The van der Waals surface area contributed by atoms with Gasteiger partial charge in [0.15, 0.2) is 11.5 Å². The number of hydrogen-bond donors (Lipinski definition) is 0. The number of hydrogen-bond acceptors (Lipinski definition) is 3. The summed E-state index contributed by atoms with van der Waals surface area (Å²) < 4.78 is 10.9. The molecule has 0 aliphatic carbocycles. The first-order valence-electron chi connectivity index (χ1n) is 7.77. The molecule has 0 bridgehead atoms. The van der Waals surface area contributed by atoms with E-state index in [0.717, 1.165) is 35.4 Å². The van der Waals surface area contributed by atoms with Crippen molar-refractivity contribution < 1.29 is 9.47 Å². The lowest BCUT2D eigenvalue weighted by molar-refractivity contribution is 0.356. The summed E-state index contributed by atoms with van der Waals surface area (Å²) in [5.41, 5.74) is 3.57. The van der Waals surface area contributed by atoms with Crippen LogP contribution in [0.4, 0.5) is 0 Å². The van der Waals surface area contributed by atoms with E-state index in [1.165, 1.54) is 16.5 Å². The molecule has 1 heterocycles. The van der Waals surface area contributed by atoms with Crippen LogP contribution in [0.2, 0.25) is 0 Å². The average Bonchev–Trinajstić information content (AvgIpc) is 2.61. The molecule has 2 aromatic carbocycles. The summed E-state index contributed by atoms with van der Waals surface area (Å²) in [6.45, 7) is 2.02. The van der Waals surface area contributed by atoms with Crippen LogP contribution in [-0.4, -0.2) is 19.2 Å². The topological polar surface area (TPSA) is 31.4 Å². The van der Waals surface area contributed by atoms with Gasteiger partial charge in [-0.2, -0.15) is 0 Å². The van der Waals surface area contributed by atoms with E-state index in [2.05, 4.69) is 35.3 Å². The Labute approximate surface area is 136 Å². The summed E-state index contributed by atoms with van der Waals surface area (Å²) in [6, 6.07) is 14.6. The molecule has 0 aliphatic heterocycles. The molecule has 3 nitrogen and oxygen atoms in total. The second-order valence-corrected chi connectivity index (χ2v) is 5.61. The van der Waals surface area contributed by atoms with Crippen molar-refractivity contribution in [2.24, 2.45) is 0 Å². The van der Waals surface area contributed by atoms with Crippen LogP contribution >= 0.6 is 0 Å². The van der Waals surface area contributed by atoms with Gasteiger partial charge in [-0.25, -0.2) is 0 Å². The van der Waals surface area contributed by atoms with E-state index in [0.29, 0.717) is 0 Å². The van der Waals surface area contributed by atoms with Crippen molar-refractivity contribution in [1.29, 1.82) is 0 Å². The average molecular weight is 307 g/mol. The van der Waals surface area contributed by atoms with Gasteiger partial charge in [-0.05, 0) is 48.4 Å². The molecular weight excluding hydrogens is 286 g/mol. The van der Waals surface area contributed by atoms with Gasteiger partial charge in [-0.3, -0.25) is 4.98 Å². The van der Waals surface area contributed by atoms with E-state index in [4.69, 9.17) is 9.47 Å². The molecule has 23 heavy (non-hydrogen) atoms. The van der Waals surface area contributed by atoms with Gasteiger partial charge < -0.3 is 9.47 Å². The third-order valence-electron chi connectivity index (χ3n) is 4.20. The van der Waals surface area contributed by atoms with E-state index in [-0.39, 0.29) is 0 Å². The lowest BCUT2D eigenvalue weighted by atomic mass is 9.99. The zero-order chi connectivity index (χ0) is 16.2. The molecular formula is C20H21NO2. The fourth-order valence-electron chi connectivity index (χ4n) is 2.88. The standard InChI is InChI=1S/C20H21NO2/c1-14-17-11-19(22-2)20(23-3)12-18(17)16(13-21-14)10-9-15-7-5-4-6-8-15/h4-8,11-13H,9-10H2,1-3H3. The van der Waals surface area contributed by atoms with Crippen molar-refractivity contribution in [1.82, 2.24) is 4.98 Å². The zero-order valence-corrected chi connectivity index (χ0v) is 13.8. The Morgan fingerprint density at radius 2 is 1.52 bits per heavy atom. The Morgan fingerprint density at radius 3 is 2.17 bits per heavy atom. The normalized spacial score (nSPS) is 10.7. The number of benzene rings is 2. The smallest absolute Gasteiger partial charge is 0.161 e. The Balaban J connectivity index is 2.01. The maximum atomic E-state index is 5.46. The third-order valence-corrected chi connectivity index (χ3v) is 4.20. The monoisotopic (exact) mass is 307 g/mol. The summed E-state index contributed by atoms with van der Waals surface area (Å²) >= 11 is 0. The number of rotatable bonds is 5.